The van der Waals surface area contributed by atoms with E-state index in [0.717, 1.165) is 23.3 Å². The molecule has 0 bridgehead atoms. The molecule has 0 spiro atoms. The maximum absolute atomic E-state index is 5.59. The molecule has 0 fully saturated rings. The Balaban J connectivity index is 2.34. The van der Waals surface area contributed by atoms with Crippen LogP contribution in [0.25, 0.3) is 0 Å². The number of halogens is 1. The van der Waals surface area contributed by atoms with Crippen LogP contribution in [0.2, 0.25) is 0 Å². The molecule has 1 aromatic rings. The molecule has 1 N–H and O–H groups in total. The largest absolute Gasteiger partial charge is 0.491 e. The number of nitrogens with one attached hydrogen (secondary N) is 1. The first-order valence-corrected chi connectivity index (χ1v) is 5.74. The lowest BCUT2D eigenvalue weighted by Gasteiger charge is -2.08. The molecule has 2 nitrogen and oxygen atoms in total. The molecule has 15 heavy (non-hydrogen) atoms. The van der Waals surface area contributed by atoms with Crippen molar-refractivity contribution < 1.29 is 4.74 Å². The maximum Gasteiger partial charge on any atom is 0.133 e. The maximum atomic E-state index is 5.59. The van der Waals surface area contributed by atoms with Gasteiger partial charge >= 0.3 is 0 Å². The summed E-state index contributed by atoms with van der Waals surface area (Å²) in [5.74, 6) is 0.890. The Morgan fingerprint density at radius 1 is 1.53 bits per heavy atom. The summed E-state index contributed by atoms with van der Waals surface area (Å²) in [7, 11) is 0. The molecule has 82 valence electrons. The molecule has 0 heterocycles. The van der Waals surface area contributed by atoms with Gasteiger partial charge in [-0.25, -0.2) is 0 Å². The van der Waals surface area contributed by atoms with Crippen LogP contribution < -0.4 is 10.1 Å². The van der Waals surface area contributed by atoms with E-state index >= 15 is 0 Å². The van der Waals surface area contributed by atoms with Crippen LogP contribution in [-0.2, 0) is 0 Å². The summed E-state index contributed by atoms with van der Waals surface area (Å²) in [6.45, 7) is 7.99. The number of hydrogen-bond acceptors (Lipinski definition) is 2. The van der Waals surface area contributed by atoms with Crippen LogP contribution in [0, 0.1) is 6.92 Å². The van der Waals surface area contributed by atoms with Gasteiger partial charge in [0.2, 0.25) is 0 Å². The van der Waals surface area contributed by atoms with Crippen molar-refractivity contribution in [3.05, 3.63) is 40.9 Å². The van der Waals surface area contributed by atoms with Crippen molar-refractivity contribution in [3.63, 3.8) is 0 Å². The predicted octanol–water partition coefficient (Wildman–Crippen LogP) is 2.91. The van der Waals surface area contributed by atoms with Crippen molar-refractivity contribution >= 4 is 15.9 Å². The Kier molecular flexibility index (Phi) is 5.43. The topological polar surface area (TPSA) is 21.3 Å². The van der Waals surface area contributed by atoms with Gasteiger partial charge in [0.1, 0.15) is 12.4 Å². The molecular weight excluding hydrogens is 254 g/mol. The molecule has 0 aromatic heterocycles. The Morgan fingerprint density at radius 3 is 3.00 bits per heavy atom. The Morgan fingerprint density at radius 2 is 2.33 bits per heavy atom. The summed E-state index contributed by atoms with van der Waals surface area (Å²) in [5, 5.41) is 3.18. The van der Waals surface area contributed by atoms with Crippen LogP contribution in [0.3, 0.4) is 0 Å². The van der Waals surface area contributed by atoms with E-state index in [1.165, 1.54) is 5.56 Å². The molecule has 0 radical (unpaired) electrons. The lowest BCUT2D eigenvalue weighted by Crippen LogP contribution is -2.20. The average Bonchev–Trinajstić information content (AvgIpc) is 2.20. The van der Waals surface area contributed by atoms with E-state index in [-0.39, 0.29) is 0 Å². The molecule has 0 saturated carbocycles. The third-order valence-corrected chi connectivity index (χ3v) is 2.53. The highest BCUT2D eigenvalue weighted by Crippen LogP contribution is 2.25. The molecule has 0 aliphatic rings. The van der Waals surface area contributed by atoms with Gasteiger partial charge in [-0.05, 0) is 40.5 Å². The first-order chi connectivity index (χ1) is 7.24. The standard InChI is InChI=1S/C12H16BrNO/c1-3-6-14-7-8-15-12-5-4-10(2)9-11(12)13/h3-5,9,14H,1,6-8H2,2H3. The van der Waals surface area contributed by atoms with Crippen LogP contribution in [0.5, 0.6) is 5.75 Å². The molecule has 0 atom stereocenters. The summed E-state index contributed by atoms with van der Waals surface area (Å²) >= 11 is 3.47. The van der Waals surface area contributed by atoms with Crippen LogP contribution >= 0.6 is 15.9 Å². The minimum atomic E-state index is 0.662. The third kappa shape index (κ3) is 4.49. The van der Waals surface area contributed by atoms with E-state index in [2.05, 4.69) is 34.7 Å². The zero-order chi connectivity index (χ0) is 11.1. The molecule has 0 unspecified atom stereocenters. The Labute approximate surface area is 99.5 Å². The second-order valence-corrected chi connectivity index (χ2v) is 4.13. The smallest absolute Gasteiger partial charge is 0.133 e. The van der Waals surface area contributed by atoms with E-state index < -0.39 is 0 Å². The average molecular weight is 270 g/mol. The van der Waals surface area contributed by atoms with E-state index in [9.17, 15) is 0 Å². The van der Waals surface area contributed by atoms with Gasteiger partial charge in [0.15, 0.2) is 0 Å². The SMILES string of the molecule is C=CCNCCOc1ccc(C)cc1Br. The highest BCUT2D eigenvalue weighted by atomic mass is 79.9. The second-order valence-electron chi connectivity index (χ2n) is 3.28. The van der Waals surface area contributed by atoms with E-state index in [1.54, 1.807) is 0 Å². The lowest BCUT2D eigenvalue weighted by molar-refractivity contribution is 0.314. The van der Waals surface area contributed by atoms with E-state index in [4.69, 9.17) is 4.74 Å². The van der Waals surface area contributed by atoms with Gasteiger partial charge in [0.05, 0.1) is 4.47 Å². The minimum Gasteiger partial charge on any atom is -0.491 e. The predicted molar refractivity (Wildman–Crippen MR) is 67.4 cm³/mol. The molecular formula is C12H16BrNO. The summed E-state index contributed by atoms with van der Waals surface area (Å²) in [4.78, 5) is 0. The molecule has 0 amide bonds. The number of hydrogen-bond donors (Lipinski definition) is 1. The molecule has 1 aromatic carbocycles. The number of rotatable bonds is 6. The van der Waals surface area contributed by atoms with Gasteiger partial charge in [-0.2, -0.15) is 0 Å². The minimum absolute atomic E-state index is 0.662. The fraction of sp³-hybridized carbons (Fsp3) is 0.333. The van der Waals surface area contributed by atoms with Crippen LogP contribution in [0.1, 0.15) is 5.56 Å². The normalized spacial score (nSPS) is 10.0. The van der Waals surface area contributed by atoms with Crippen LogP contribution in [0.4, 0.5) is 0 Å². The first kappa shape index (κ1) is 12.3. The van der Waals surface area contributed by atoms with Crippen LogP contribution in [-0.4, -0.2) is 19.7 Å². The van der Waals surface area contributed by atoms with Crippen molar-refractivity contribution in [2.45, 2.75) is 6.92 Å². The summed E-state index contributed by atoms with van der Waals surface area (Å²) in [6, 6.07) is 6.07. The Bertz CT molecular complexity index is 325. The summed E-state index contributed by atoms with van der Waals surface area (Å²) in [6.07, 6.45) is 1.84. The molecule has 0 aliphatic heterocycles. The van der Waals surface area contributed by atoms with E-state index in [0.29, 0.717) is 6.61 Å². The van der Waals surface area contributed by atoms with Crippen molar-refractivity contribution in [1.29, 1.82) is 0 Å². The zero-order valence-electron chi connectivity index (χ0n) is 8.92. The van der Waals surface area contributed by atoms with Crippen molar-refractivity contribution in [2.24, 2.45) is 0 Å². The highest BCUT2D eigenvalue weighted by molar-refractivity contribution is 9.10. The quantitative estimate of drug-likeness (QED) is 0.634. The van der Waals surface area contributed by atoms with Gasteiger partial charge in [0.25, 0.3) is 0 Å². The molecule has 1 rings (SSSR count). The Hall–Kier alpha value is -0.800. The second kappa shape index (κ2) is 6.64. The van der Waals surface area contributed by atoms with Gasteiger partial charge < -0.3 is 10.1 Å². The number of aryl methyl sites for hydroxylation is 1. The zero-order valence-corrected chi connectivity index (χ0v) is 10.5. The summed E-state index contributed by atoms with van der Waals surface area (Å²) < 4.78 is 6.60. The van der Waals surface area contributed by atoms with Crippen molar-refractivity contribution in [2.75, 3.05) is 19.7 Å². The van der Waals surface area contributed by atoms with Crippen molar-refractivity contribution in [1.82, 2.24) is 5.32 Å². The third-order valence-electron chi connectivity index (χ3n) is 1.91. The van der Waals surface area contributed by atoms with Gasteiger partial charge in [0, 0.05) is 13.1 Å². The monoisotopic (exact) mass is 269 g/mol. The summed E-state index contributed by atoms with van der Waals surface area (Å²) in [5.41, 5.74) is 1.22. The number of ether oxygens (including phenoxy) is 1. The lowest BCUT2D eigenvalue weighted by atomic mass is 10.2. The molecule has 0 saturated heterocycles. The van der Waals surface area contributed by atoms with Gasteiger partial charge in [-0.1, -0.05) is 12.1 Å². The fourth-order valence-electron chi connectivity index (χ4n) is 1.16. The van der Waals surface area contributed by atoms with Crippen LogP contribution in [0.15, 0.2) is 35.3 Å². The van der Waals surface area contributed by atoms with E-state index in [1.807, 2.05) is 24.3 Å². The van der Waals surface area contributed by atoms with Gasteiger partial charge in [-0.3, -0.25) is 0 Å². The van der Waals surface area contributed by atoms with Crippen molar-refractivity contribution in [3.8, 4) is 5.75 Å². The highest BCUT2D eigenvalue weighted by Gasteiger charge is 1.99. The van der Waals surface area contributed by atoms with Gasteiger partial charge in [-0.15, -0.1) is 6.58 Å². The number of benzene rings is 1. The fourth-order valence-corrected chi connectivity index (χ4v) is 1.77. The molecule has 3 heteroatoms. The first-order valence-electron chi connectivity index (χ1n) is 4.94. The molecule has 0 aliphatic carbocycles.